The molecule has 0 rings (SSSR count). The van der Waals surface area contributed by atoms with Crippen LogP contribution in [0.25, 0.3) is 0 Å². The SMILES string of the molecule is C=CCSCCNC(=O)NC(C)CCO. The molecule has 0 aromatic carbocycles. The number of nitrogens with one attached hydrogen (secondary N) is 2. The van der Waals surface area contributed by atoms with Crippen molar-refractivity contribution < 1.29 is 9.90 Å². The Kier molecular flexibility index (Phi) is 9.41. The smallest absolute Gasteiger partial charge is 0.315 e. The zero-order chi connectivity index (χ0) is 11.5. The summed E-state index contributed by atoms with van der Waals surface area (Å²) in [6.45, 7) is 6.22. The predicted molar refractivity (Wildman–Crippen MR) is 65.2 cm³/mol. The fraction of sp³-hybridized carbons (Fsp3) is 0.700. The minimum Gasteiger partial charge on any atom is -0.396 e. The van der Waals surface area contributed by atoms with E-state index in [1.807, 2.05) is 13.0 Å². The summed E-state index contributed by atoms with van der Waals surface area (Å²) in [5.74, 6) is 1.79. The summed E-state index contributed by atoms with van der Waals surface area (Å²) >= 11 is 1.72. The Hall–Kier alpha value is -0.680. The fourth-order valence-electron chi connectivity index (χ4n) is 0.944. The quantitative estimate of drug-likeness (QED) is 0.432. The number of urea groups is 1. The highest BCUT2D eigenvalue weighted by atomic mass is 32.2. The van der Waals surface area contributed by atoms with Crippen molar-refractivity contribution in [1.82, 2.24) is 10.6 Å². The number of thioether (sulfide) groups is 1. The number of amides is 2. The molecule has 88 valence electrons. The summed E-state index contributed by atoms with van der Waals surface area (Å²) in [5, 5.41) is 14.1. The molecule has 0 radical (unpaired) electrons. The summed E-state index contributed by atoms with van der Waals surface area (Å²) in [6, 6.07) is -0.161. The number of hydrogen-bond acceptors (Lipinski definition) is 3. The molecule has 0 aliphatic carbocycles. The maximum Gasteiger partial charge on any atom is 0.315 e. The second kappa shape index (κ2) is 9.86. The van der Waals surface area contributed by atoms with Crippen LogP contribution in [0.15, 0.2) is 12.7 Å². The van der Waals surface area contributed by atoms with Crippen LogP contribution < -0.4 is 10.6 Å². The third-order valence-electron chi connectivity index (χ3n) is 1.71. The molecular weight excluding hydrogens is 212 g/mol. The van der Waals surface area contributed by atoms with Crippen LogP contribution in [0.2, 0.25) is 0 Å². The lowest BCUT2D eigenvalue weighted by Gasteiger charge is -2.12. The number of hydrogen-bond donors (Lipinski definition) is 3. The molecule has 3 N–H and O–H groups in total. The number of rotatable bonds is 8. The highest BCUT2D eigenvalue weighted by molar-refractivity contribution is 7.99. The standard InChI is InChI=1S/C10H20N2O2S/c1-3-7-15-8-5-11-10(14)12-9(2)4-6-13/h3,9,13H,1,4-8H2,2H3,(H2,11,12,14). The van der Waals surface area contributed by atoms with Crippen LogP contribution in [0.4, 0.5) is 4.79 Å². The van der Waals surface area contributed by atoms with E-state index in [2.05, 4.69) is 17.2 Å². The highest BCUT2D eigenvalue weighted by Crippen LogP contribution is 1.96. The van der Waals surface area contributed by atoms with E-state index in [0.717, 1.165) is 11.5 Å². The summed E-state index contributed by atoms with van der Waals surface area (Å²) in [5.41, 5.74) is 0. The van der Waals surface area contributed by atoms with E-state index in [-0.39, 0.29) is 18.7 Å². The number of carbonyl (C=O) groups is 1. The molecule has 0 saturated heterocycles. The third-order valence-corrected chi connectivity index (χ3v) is 2.67. The van der Waals surface area contributed by atoms with Gasteiger partial charge in [0.2, 0.25) is 0 Å². The molecule has 15 heavy (non-hydrogen) atoms. The summed E-state index contributed by atoms with van der Waals surface area (Å²) in [7, 11) is 0. The first-order valence-corrected chi connectivity index (χ1v) is 6.20. The first kappa shape index (κ1) is 14.3. The third kappa shape index (κ3) is 9.62. The van der Waals surface area contributed by atoms with E-state index in [1.54, 1.807) is 11.8 Å². The van der Waals surface area contributed by atoms with Gasteiger partial charge >= 0.3 is 6.03 Å². The zero-order valence-electron chi connectivity index (χ0n) is 9.16. The first-order valence-electron chi connectivity index (χ1n) is 5.04. The van der Waals surface area contributed by atoms with Crippen LogP contribution in [-0.4, -0.2) is 41.8 Å². The Labute approximate surface area is 95.5 Å². The van der Waals surface area contributed by atoms with Gasteiger partial charge in [-0.15, -0.1) is 6.58 Å². The molecule has 4 nitrogen and oxygen atoms in total. The van der Waals surface area contributed by atoms with Crippen LogP contribution in [0, 0.1) is 0 Å². The minimum absolute atomic E-state index is 0.0100. The van der Waals surface area contributed by atoms with E-state index in [4.69, 9.17) is 5.11 Å². The lowest BCUT2D eigenvalue weighted by molar-refractivity contribution is 0.231. The van der Waals surface area contributed by atoms with E-state index in [0.29, 0.717) is 13.0 Å². The molecule has 2 amide bonds. The molecule has 0 bridgehead atoms. The summed E-state index contributed by atoms with van der Waals surface area (Å²) in [4.78, 5) is 11.2. The molecule has 0 heterocycles. The van der Waals surface area contributed by atoms with Gasteiger partial charge in [0, 0.05) is 30.7 Å². The molecule has 0 fully saturated rings. The normalized spacial score (nSPS) is 11.9. The lowest BCUT2D eigenvalue weighted by atomic mass is 10.2. The molecule has 5 heteroatoms. The molecule has 0 aromatic heterocycles. The maximum absolute atomic E-state index is 11.2. The number of carbonyl (C=O) groups excluding carboxylic acids is 1. The van der Waals surface area contributed by atoms with Crippen LogP contribution in [0.3, 0.4) is 0 Å². The van der Waals surface area contributed by atoms with Crippen molar-refractivity contribution in [3.05, 3.63) is 12.7 Å². The van der Waals surface area contributed by atoms with Gasteiger partial charge in [-0.1, -0.05) is 6.08 Å². The van der Waals surface area contributed by atoms with E-state index in [9.17, 15) is 4.79 Å². The first-order chi connectivity index (χ1) is 7.20. The van der Waals surface area contributed by atoms with Crippen molar-refractivity contribution in [3.8, 4) is 0 Å². The Morgan fingerprint density at radius 1 is 1.67 bits per heavy atom. The molecule has 0 saturated carbocycles. The lowest BCUT2D eigenvalue weighted by Crippen LogP contribution is -2.41. The predicted octanol–water partition coefficient (Wildman–Crippen LogP) is 0.976. The van der Waals surface area contributed by atoms with Gasteiger partial charge in [0.1, 0.15) is 0 Å². The fourth-order valence-corrected chi connectivity index (χ4v) is 1.52. The highest BCUT2D eigenvalue weighted by Gasteiger charge is 2.04. The average Bonchev–Trinajstić information content (AvgIpc) is 2.17. The maximum atomic E-state index is 11.2. The van der Waals surface area contributed by atoms with Crippen LogP contribution in [0.5, 0.6) is 0 Å². The van der Waals surface area contributed by atoms with Gasteiger partial charge in [0.25, 0.3) is 0 Å². The Balaban J connectivity index is 3.36. The Bertz CT molecular complexity index is 188. The van der Waals surface area contributed by atoms with Crippen molar-refractivity contribution in [2.75, 3.05) is 24.7 Å². The van der Waals surface area contributed by atoms with Gasteiger partial charge in [-0.25, -0.2) is 4.79 Å². The van der Waals surface area contributed by atoms with Crippen molar-refractivity contribution in [2.45, 2.75) is 19.4 Å². The van der Waals surface area contributed by atoms with E-state index in [1.165, 1.54) is 0 Å². The second-order valence-electron chi connectivity index (χ2n) is 3.18. The van der Waals surface area contributed by atoms with E-state index >= 15 is 0 Å². The van der Waals surface area contributed by atoms with Crippen molar-refractivity contribution in [3.63, 3.8) is 0 Å². The Morgan fingerprint density at radius 2 is 2.40 bits per heavy atom. The van der Waals surface area contributed by atoms with Gasteiger partial charge in [0.05, 0.1) is 0 Å². The Morgan fingerprint density at radius 3 is 3.00 bits per heavy atom. The molecule has 0 aliphatic heterocycles. The molecule has 1 atom stereocenters. The van der Waals surface area contributed by atoms with Crippen LogP contribution in [-0.2, 0) is 0 Å². The van der Waals surface area contributed by atoms with Gasteiger partial charge in [-0.2, -0.15) is 11.8 Å². The topological polar surface area (TPSA) is 61.4 Å². The average molecular weight is 232 g/mol. The van der Waals surface area contributed by atoms with Gasteiger partial charge < -0.3 is 15.7 Å². The molecule has 0 aliphatic rings. The molecular formula is C10H20N2O2S. The summed E-state index contributed by atoms with van der Waals surface area (Å²) in [6.07, 6.45) is 2.42. The zero-order valence-corrected chi connectivity index (χ0v) is 9.98. The monoisotopic (exact) mass is 232 g/mol. The minimum atomic E-state index is -0.171. The van der Waals surface area contributed by atoms with Crippen molar-refractivity contribution in [1.29, 1.82) is 0 Å². The summed E-state index contributed by atoms with van der Waals surface area (Å²) < 4.78 is 0. The van der Waals surface area contributed by atoms with Crippen LogP contribution in [0.1, 0.15) is 13.3 Å². The van der Waals surface area contributed by atoms with Gasteiger partial charge in [0.15, 0.2) is 0 Å². The van der Waals surface area contributed by atoms with Crippen molar-refractivity contribution >= 4 is 17.8 Å². The number of aliphatic hydroxyl groups is 1. The molecule has 0 spiro atoms. The molecule has 0 aromatic rings. The van der Waals surface area contributed by atoms with Gasteiger partial charge in [-0.3, -0.25) is 0 Å². The molecule has 1 unspecified atom stereocenters. The second-order valence-corrected chi connectivity index (χ2v) is 4.33. The number of aliphatic hydroxyl groups excluding tert-OH is 1. The van der Waals surface area contributed by atoms with Crippen LogP contribution >= 0.6 is 11.8 Å². The van der Waals surface area contributed by atoms with E-state index < -0.39 is 0 Å². The van der Waals surface area contributed by atoms with Gasteiger partial charge in [-0.05, 0) is 13.3 Å². The van der Waals surface area contributed by atoms with Crippen molar-refractivity contribution in [2.24, 2.45) is 0 Å². The largest absolute Gasteiger partial charge is 0.396 e.